The van der Waals surface area contributed by atoms with E-state index in [-0.39, 0.29) is 23.5 Å². The first-order valence-electron chi connectivity index (χ1n) is 11.4. The number of rotatable bonds is 5. The highest BCUT2D eigenvalue weighted by Crippen LogP contribution is 2.32. The maximum Gasteiger partial charge on any atom is 0.289 e. The normalized spacial score (nSPS) is 14.3. The number of thiazole rings is 1. The van der Waals surface area contributed by atoms with Gasteiger partial charge >= 0.3 is 0 Å². The molecule has 4 aromatic rings. The van der Waals surface area contributed by atoms with Crippen molar-refractivity contribution in [3.05, 3.63) is 77.1 Å². The van der Waals surface area contributed by atoms with E-state index in [4.69, 9.17) is 4.42 Å². The zero-order valence-electron chi connectivity index (χ0n) is 19.5. The first-order valence-corrected chi connectivity index (χ1v) is 12.3. The molecule has 5 rings (SSSR count). The lowest BCUT2D eigenvalue weighted by Gasteiger charge is -2.30. The van der Waals surface area contributed by atoms with Crippen LogP contribution in [-0.2, 0) is 4.79 Å². The molecule has 0 radical (unpaired) electrons. The minimum absolute atomic E-state index is 0.0761. The van der Waals surface area contributed by atoms with Gasteiger partial charge in [0.25, 0.3) is 5.91 Å². The van der Waals surface area contributed by atoms with Gasteiger partial charge in [-0.25, -0.2) is 9.37 Å². The first kappa shape index (κ1) is 23.0. The first-order chi connectivity index (χ1) is 16.9. The van der Waals surface area contributed by atoms with Crippen molar-refractivity contribution >= 4 is 28.3 Å². The second-order valence-electron chi connectivity index (χ2n) is 8.67. The molecule has 180 valence electrons. The smallest absolute Gasteiger partial charge is 0.289 e. The number of anilines is 1. The number of furan rings is 1. The van der Waals surface area contributed by atoms with E-state index in [0.29, 0.717) is 36.8 Å². The lowest BCUT2D eigenvalue weighted by atomic mass is 9.96. The molecule has 9 heteroatoms. The Morgan fingerprint density at radius 2 is 1.89 bits per heavy atom. The van der Waals surface area contributed by atoms with Crippen molar-refractivity contribution < 1.29 is 18.4 Å². The van der Waals surface area contributed by atoms with Gasteiger partial charge < -0.3 is 19.2 Å². The molecule has 1 aliphatic heterocycles. The number of halogens is 1. The molecule has 0 atom stereocenters. The minimum Gasteiger partial charge on any atom is -0.459 e. The zero-order valence-corrected chi connectivity index (χ0v) is 20.3. The highest BCUT2D eigenvalue weighted by atomic mass is 32.1. The van der Waals surface area contributed by atoms with Crippen molar-refractivity contribution in [3.8, 4) is 16.9 Å². The molecular weight excluding hydrogens is 467 g/mol. The van der Waals surface area contributed by atoms with Gasteiger partial charge in [0.1, 0.15) is 5.82 Å². The van der Waals surface area contributed by atoms with Crippen molar-refractivity contribution in [2.24, 2.45) is 5.92 Å². The molecule has 0 bridgehead atoms. The summed E-state index contributed by atoms with van der Waals surface area (Å²) < 4.78 is 20.6. The predicted molar refractivity (Wildman–Crippen MR) is 132 cm³/mol. The number of nitrogens with zero attached hydrogens (tertiary/aromatic N) is 3. The Balaban J connectivity index is 1.24. The minimum atomic E-state index is -0.272. The van der Waals surface area contributed by atoms with Crippen molar-refractivity contribution in [1.82, 2.24) is 14.5 Å². The van der Waals surface area contributed by atoms with E-state index in [1.54, 1.807) is 29.2 Å². The molecule has 2 amide bonds. The highest BCUT2D eigenvalue weighted by Gasteiger charge is 2.29. The van der Waals surface area contributed by atoms with Crippen LogP contribution in [0.5, 0.6) is 0 Å². The number of likely N-dealkylation sites (tertiary alicyclic amines) is 1. The molecule has 0 aliphatic carbocycles. The number of aromatic nitrogens is 2. The van der Waals surface area contributed by atoms with Gasteiger partial charge in [0.2, 0.25) is 5.91 Å². The number of carbonyl (C=O) groups excluding carboxylic acids is 2. The molecule has 35 heavy (non-hydrogen) atoms. The van der Waals surface area contributed by atoms with Crippen molar-refractivity contribution in [2.45, 2.75) is 26.7 Å². The average Bonchev–Trinajstić information content (AvgIpc) is 3.61. The molecule has 1 fully saturated rings. The molecular formula is C26H25FN4O3S. The third-order valence-corrected chi connectivity index (χ3v) is 7.17. The molecule has 7 nitrogen and oxygen atoms in total. The van der Waals surface area contributed by atoms with Crippen LogP contribution in [0.15, 0.2) is 58.5 Å². The number of hydrogen-bond donors (Lipinski definition) is 1. The SMILES string of the molecule is Cc1cc(-c2csc(NC(=O)C3CCN(C(=O)c4ccco4)CC3)n2)c(C)n1-c1ccc(F)cc1. The molecule has 4 heterocycles. The fourth-order valence-electron chi connectivity index (χ4n) is 4.57. The quantitative estimate of drug-likeness (QED) is 0.402. The van der Waals surface area contributed by atoms with Gasteiger partial charge in [0, 0.05) is 47.0 Å². The van der Waals surface area contributed by atoms with Gasteiger partial charge in [-0.3, -0.25) is 9.59 Å². The van der Waals surface area contributed by atoms with E-state index in [1.165, 1.54) is 29.7 Å². The summed E-state index contributed by atoms with van der Waals surface area (Å²) in [5.41, 5.74) is 4.64. The van der Waals surface area contributed by atoms with Crippen LogP contribution in [0.25, 0.3) is 16.9 Å². The molecule has 1 aliphatic rings. The number of carbonyl (C=O) groups is 2. The van der Waals surface area contributed by atoms with Crippen LogP contribution < -0.4 is 5.32 Å². The summed E-state index contributed by atoms with van der Waals surface area (Å²) in [6.45, 7) is 5.02. The van der Waals surface area contributed by atoms with Gasteiger partial charge in [0.05, 0.1) is 12.0 Å². The maximum absolute atomic E-state index is 13.4. The Bertz CT molecular complexity index is 1350. The monoisotopic (exact) mass is 492 g/mol. The van der Waals surface area contributed by atoms with Crippen LogP contribution in [0.3, 0.4) is 0 Å². The number of piperidine rings is 1. The average molecular weight is 493 g/mol. The Kier molecular flexibility index (Phi) is 6.25. The summed E-state index contributed by atoms with van der Waals surface area (Å²) >= 11 is 1.38. The van der Waals surface area contributed by atoms with Gasteiger partial charge in [0.15, 0.2) is 10.9 Å². The number of nitrogens with one attached hydrogen (secondary N) is 1. The number of hydrogen-bond acceptors (Lipinski definition) is 5. The molecule has 0 spiro atoms. The van der Waals surface area contributed by atoms with E-state index < -0.39 is 0 Å². The van der Waals surface area contributed by atoms with E-state index >= 15 is 0 Å². The van der Waals surface area contributed by atoms with E-state index in [2.05, 4.69) is 14.9 Å². The lowest BCUT2D eigenvalue weighted by Crippen LogP contribution is -2.41. The number of benzene rings is 1. The van der Waals surface area contributed by atoms with Crippen molar-refractivity contribution in [2.75, 3.05) is 18.4 Å². The fourth-order valence-corrected chi connectivity index (χ4v) is 5.29. The van der Waals surface area contributed by atoms with Crippen molar-refractivity contribution in [3.63, 3.8) is 0 Å². The predicted octanol–water partition coefficient (Wildman–Crippen LogP) is 5.44. The lowest BCUT2D eigenvalue weighted by molar-refractivity contribution is -0.121. The summed E-state index contributed by atoms with van der Waals surface area (Å²) in [5.74, 6) is -0.343. The molecule has 0 unspecified atom stereocenters. The van der Waals surface area contributed by atoms with Gasteiger partial charge in [-0.15, -0.1) is 11.3 Å². The van der Waals surface area contributed by atoms with Crippen LogP contribution in [0.4, 0.5) is 9.52 Å². The summed E-state index contributed by atoms with van der Waals surface area (Å²) in [5, 5.41) is 5.42. The van der Waals surface area contributed by atoms with Crippen molar-refractivity contribution in [1.29, 1.82) is 0 Å². The van der Waals surface area contributed by atoms with Crippen LogP contribution in [0, 0.1) is 25.6 Å². The molecule has 1 saturated heterocycles. The molecule has 3 aromatic heterocycles. The van der Waals surface area contributed by atoms with E-state index in [1.807, 2.05) is 25.3 Å². The molecule has 0 saturated carbocycles. The maximum atomic E-state index is 13.4. The Morgan fingerprint density at radius 3 is 2.57 bits per heavy atom. The molecule has 1 aromatic carbocycles. The molecule has 1 N–H and O–H groups in total. The number of aryl methyl sites for hydroxylation is 1. The van der Waals surface area contributed by atoms with Gasteiger partial charge in [-0.05, 0) is 69.2 Å². The largest absolute Gasteiger partial charge is 0.459 e. The topological polar surface area (TPSA) is 80.4 Å². The highest BCUT2D eigenvalue weighted by molar-refractivity contribution is 7.14. The van der Waals surface area contributed by atoms with Gasteiger partial charge in [-0.1, -0.05) is 0 Å². The standard InChI is InChI=1S/C26H25FN4O3S/c1-16-14-21(17(2)31(16)20-7-5-19(27)6-8-20)22-15-35-26(28-22)29-24(32)18-9-11-30(12-10-18)25(33)23-4-3-13-34-23/h3-8,13-15,18H,9-12H2,1-2H3,(H,28,29,32). The van der Waals surface area contributed by atoms with E-state index in [0.717, 1.165) is 28.3 Å². The third-order valence-electron chi connectivity index (χ3n) is 6.41. The summed E-state index contributed by atoms with van der Waals surface area (Å²) in [4.78, 5) is 31.7. The summed E-state index contributed by atoms with van der Waals surface area (Å²) in [6.07, 6.45) is 2.67. The van der Waals surface area contributed by atoms with Crippen LogP contribution in [0.2, 0.25) is 0 Å². The number of amides is 2. The second kappa shape index (κ2) is 9.50. The Hall–Kier alpha value is -3.72. The fraction of sp³-hybridized carbons (Fsp3) is 0.269. The zero-order chi connectivity index (χ0) is 24.5. The van der Waals surface area contributed by atoms with Crippen LogP contribution in [0.1, 0.15) is 34.8 Å². The third kappa shape index (κ3) is 4.64. The van der Waals surface area contributed by atoms with Gasteiger partial charge in [-0.2, -0.15) is 0 Å². The Labute approximate surface area is 206 Å². The van der Waals surface area contributed by atoms with E-state index in [9.17, 15) is 14.0 Å². The second-order valence-corrected chi connectivity index (χ2v) is 9.53. The van der Waals surface area contributed by atoms with Crippen LogP contribution >= 0.6 is 11.3 Å². The Morgan fingerprint density at radius 1 is 1.14 bits per heavy atom. The summed E-state index contributed by atoms with van der Waals surface area (Å²) in [7, 11) is 0. The summed E-state index contributed by atoms with van der Waals surface area (Å²) in [6, 6.07) is 11.8. The van der Waals surface area contributed by atoms with Crippen LogP contribution in [-0.4, -0.2) is 39.4 Å².